The number of thiophene rings is 1. The molecule has 0 aliphatic carbocycles. The van der Waals surface area contributed by atoms with E-state index in [9.17, 15) is 18.1 Å². The van der Waals surface area contributed by atoms with Crippen molar-refractivity contribution in [3.05, 3.63) is 5.38 Å². The Morgan fingerprint density at radius 2 is 2.09 bits per heavy atom. The maximum absolute atomic E-state index is 12.5. The molecule has 0 bridgehead atoms. The Labute approximate surface area is 140 Å². The average Bonchev–Trinajstić information content (AvgIpc) is 3.04. The van der Waals surface area contributed by atoms with E-state index in [-0.39, 0.29) is 21.6 Å². The van der Waals surface area contributed by atoms with Crippen LogP contribution in [0.15, 0.2) is 9.59 Å². The fraction of sp³-hybridized carbons (Fsp3) is 0.455. The van der Waals surface area contributed by atoms with E-state index in [0.717, 1.165) is 11.3 Å². The minimum atomic E-state index is -3.77. The molecule has 12 heteroatoms. The smallest absolute Gasteiger partial charge is 0.318 e. The van der Waals surface area contributed by atoms with Gasteiger partial charge in [0.25, 0.3) is 15.8 Å². The van der Waals surface area contributed by atoms with E-state index in [0.29, 0.717) is 13.1 Å². The normalized spacial score (nSPS) is 12.7. The van der Waals surface area contributed by atoms with Crippen molar-refractivity contribution in [1.82, 2.24) is 13.1 Å². The first-order valence-corrected chi connectivity index (χ1v) is 9.94. The maximum Gasteiger partial charge on any atom is 0.318 e. The number of nitrogens with one attached hydrogen (secondary N) is 1. The monoisotopic (exact) mass is 380 g/mol. The van der Waals surface area contributed by atoms with Gasteiger partial charge in [0, 0.05) is 27.2 Å². The molecular formula is C11H16N4O5S3. The van der Waals surface area contributed by atoms with Gasteiger partial charge in [0.2, 0.25) is 0 Å². The molecule has 2 heterocycles. The Kier molecular flexibility index (Phi) is 5.41. The van der Waals surface area contributed by atoms with Crippen LogP contribution in [0.25, 0.3) is 0 Å². The van der Waals surface area contributed by atoms with E-state index in [1.165, 1.54) is 16.8 Å². The van der Waals surface area contributed by atoms with Gasteiger partial charge in [0.15, 0.2) is 21.1 Å². The van der Waals surface area contributed by atoms with Gasteiger partial charge in [0.1, 0.15) is 0 Å². The van der Waals surface area contributed by atoms with E-state index >= 15 is 0 Å². The van der Waals surface area contributed by atoms with E-state index in [1.807, 2.05) is 0 Å². The third-order valence-electron chi connectivity index (χ3n) is 2.99. The van der Waals surface area contributed by atoms with Crippen LogP contribution in [0.1, 0.15) is 13.8 Å². The van der Waals surface area contributed by atoms with Gasteiger partial charge >= 0.3 is 5.88 Å². The highest BCUT2D eigenvalue weighted by Crippen LogP contribution is 2.41. The third kappa shape index (κ3) is 3.40. The Balaban J connectivity index is 2.36. The number of aromatic hydroxyl groups is 1. The molecule has 0 radical (unpaired) electrons. The Hall–Kier alpha value is -1.47. The molecular weight excluding hydrogens is 364 g/mol. The van der Waals surface area contributed by atoms with Gasteiger partial charge in [-0.3, -0.25) is 0 Å². The summed E-state index contributed by atoms with van der Waals surface area (Å²) in [7, 11) is -2.44. The molecule has 2 aromatic rings. The summed E-state index contributed by atoms with van der Waals surface area (Å²) in [6.45, 7) is 4.03. The first-order valence-electron chi connectivity index (χ1n) is 6.56. The molecule has 0 aliphatic heterocycles. The zero-order valence-corrected chi connectivity index (χ0v) is 15.1. The third-order valence-corrected chi connectivity index (χ3v) is 7.19. The van der Waals surface area contributed by atoms with Crippen molar-refractivity contribution in [2.24, 2.45) is 0 Å². The lowest BCUT2D eigenvalue weighted by Crippen LogP contribution is -2.30. The predicted molar refractivity (Wildman–Crippen MR) is 86.6 cm³/mol. The molecule has 1 unspecified atom stereocenters. The van der Waals surface area contributed by atoms with Crippen molar-refractivity contribution in [1.29, 1.82) is 0 Å². The molecule has 23 heavy (non-hydrogen) atoms. The molecule has 0 amide bonds. The zero-order valence-electron chi connectivity index (χ0n) is 12.6. The number of aromatic nitrogens is 2. The summed E-state index contributed by atoms with van der Waals surface area (Å²) in [5, 5.41) is 14.3. The first kappa shape index (κ1) is 17.9. The van der Waals surface area contributed by atoms with Crippen molar-refractivity contribution < 1.29 is 22.8 Å². The van der Waals surface area contributed by atoms with Crippen LogP contribution >= 0.6 is 22.5 Å². The van der Waals surface area contributed by atoms with Crippen molar-refractivity contribution in [2.75, 3.05) is 25.5 Å². The molecule has 0 aliphatic rings. The Morgan fingerprint density at radius 1 is 1.43 bits per heavy atom. The number of ether oxygens (including phenoxy) is 1. The number of sulfonamides is 1. The number of rotatable bonds is 7. The van der Waals surface area contributed by atoms with Crippen LogP contribution in [0.5, 0.6) is 11.6 Å². The molecule has 1 atom stereocenters. The second-order valence-corrected chi connectivity index (χ2v) is 8.11. The quantitative estimate of drug-likeness (QED) is 0.695. The van der Waals surface area contributed by atoms with Gasteiger partial charge in [0.05, 0.1) is 12.8 Å². The number of hydrogen-bond acceptors (Lipinski definition) is 9. The van der Waals surface area contributed by atoms with Crippen LogP contribution in [-0.4, -0.2) is 51.3 Å². The Morgan fingerprint density at radius 3 is 2.65 bits per heavy atom. The SMILES string of the molecule is CCN(CC)S(=O)(=O)c1scc(Nc2n[s+]([O-])nc2OC)c1O. The van der Waals surface area contributed by atoms with E-state index < -0.39 is 26.9 Å². The van der Waals surface area contributed by atoms with Crippen LogP contribution in [0.4, 0.5) is 11.5 Å². The predicted octanol–water partition coefficient (Wildman–Crippen LogP) is 1.75. The van der Waals surface area contributed by atoms with Gasteiger partial charge in [-0.2, -0.15) is 4.31 Å². The topological polar surface area (TPSA) is 128 Å². The molecule has 0 spiro atoms. The summed E-state index contributed by atoms with van der Waals surface area (Å²) in [6, 6.07) is 0. The standard InChI is InChI=1S/C11H16N4O5S3/c1-4-15(5-2)23(18,19)11-8(16)7(6-21-11)12-9-10(20-3)14-22(17)13-9/h6,16H,4-5H2,1-3H3,(H,12,13). The van der Waals surface area contributed by atoms with Crippen molar-refractivity contribution in [2.45, 2.75) is 18.1 Å². The van der Waals surface area contributed by atoms with Crippen LogP contribution < -0.4 is 10.1 Å². The molecule has 128 valence electrons. The lowest BCUT2D eigenvalue weighted by molar-refractivity contribution is 0.403. The molecule has 9 nitrogen and oxygen atoms in total. The fourth-order valence-electron chi connectivity index (χ4n) is 1.88. The fourth-order valence-corrected chi connectivity index (χ4v) is 5.33. The number of hydrogen-bond donors (Lipinski definition) is 2. The summed E-state index contributed by atoms with van der Waals surface area (Å²) in [5.41, 5.74) is 0.128. The van der Waals surface area contributed by atoms with E-state index in [1.54, 1.807) is 13.8 Å². The summed E-state index contributed by atoms with van der Waals surface area (Å²) in [4.78, 5) is 0. The second kappa shape index (κ2) is 6.97. The minimum Gasteiger partial charge on any atom is -0.546 e. The molecule has 0 fully saturated rings. The molecule has 0 saturated heterocycles. The van der Waals surface area contributed by atoms with Gasteiger partial charge in [-0.15, -0.1) is 11.3 Å². The summed E-state index contributed by atoms with van der Waals surface area (Å²) < 4.78 is 49.5. The van der Waals surface area contributed by atoms with E-state index in [2.05, 4.69) is 14.1 Å². The average molecular weight is 380 g/mol. The van der Waals surface area contributed by atoms with Gasteiger partial charge in [-0.1, -0.05) is 13.8 Å². The summed E-state index contributed by atoms with van der Waals surface area (Å²) in [6.07, 6.45) is 0. The zero-order chi connectivity index (χ0) is 17.2. The lowest BCUT2D eigenvalue weighted by Gasteiger charge is -2.17. The molecule has 2 rings (SSSR count). The maximum atomic E-state index is 12.5. The van der Waals surface area contributed by atoms with Crippen molar-refractivity contribution in [3.63, 3.8) is 0 Å². The van der Waals surface area contributed by atoms with Gasteiger partial charge < -0.3 is 19.7 Å². The number of nitrogens with zero attached hydrogens (tertiary/aromatic N) is 3. The summed E-state index contributed by atoms with van der Waals surface area (Å²) in [5.74, 6) is -0.342. The minimum absolute atomic E-state index is 0.0158. The van der Waals surface area contributed by atoms with Gasteiger partial charge in [-0.05, 0) is 0 Å². The van der Waals surface area contributed by atoms with Crippen molar-refractivity contribution >= 4 is 44.0 Å². The number of anilines is 2. The highest BCUT2D eigenvalue weighted by molar-refractivity contribution is 7.91. The molecule has 0 aromatic carbocycles. The van der Waals surface area contributed by atoms with E-state index in [4.69, 9.17) is 4.74 Å². The Bertz CT molecular complexity index is 782. The first-order chi connectivity index (χ1) is 10.8. The van der Waals surface area contributed by atoms with Crippen LogP contribution in [0, 0.1) is 0 Å². The highest BCUT2D eigenvalue weighted by Gasteiger charge is 2.29. The van der Waals surface area contributed by atoms with Crippen LogP contribution in [-0.2, 0) is 10.0 Å². The number of methoxy groups -OCH3 is 1. The van der Waals surface area contributed by atoms with Crippen LogP contribution in [0.3, 0.4) is 0 Å². The highest BCUT2D eigenvalue weighted by atomic mass is 32.2. The van der Waals surface area contributed by atoms with Gasteiger partial charge in [-0.25, -0.2) is 8.42 Å². The second-order valence-electron chi connectivity index (χ2n) is 4.27. The molecule has 0 saturated carbocycles. The summed E-state index contributed by atoms with van der Waals surface area (Å²) >= 11 is -0.918. The lowest BCUT2D eigenvalue weighted by atomic mass is 10.4. The molecule has 2 aromatic heterocycles. The van der Waals surface area contributed by atoms with Crippen LogP contribution in [0.2, 0.25) is 0 Å². The largest absolute Gasteiger partial charge is 0.546 e. The van der Waals surface area contributed by atoms with Crippen molar-refractivity contribution in [3.8, 4) is 11.6 Å². The molecule has 2 N–H and O–H groups in total.